The topological polar surface area (TPSA) is 113 Å². The minimum Gasteiger partial charge on any atom is -0.465 e. The van der Waals surface area contributed by atoms with Gasteiger partial charge < -0.3 is 15.7 Å². The molecule has 2 saturated heterocycles. The molecule has 0 unspecified atom stereocenters. The number of imidazole rings is 1. The number of piperazine rings is 1. The zero-order valence-corrected chi connectivity index (χ0v) is 21.2. The molecule has 39 heavy (non-hydrogen) atoms. The molecule has 2 atom stereocenters. The number of fused-ring (bicyclic) bond motifs is 3. The molecule has 0 radical (unpaired) electrons. The van der Waals surface area contributed by atoms with Crippen molar-refractivity contribution in [1.82, 2.24) is 29.3 Å². The molecule has 2 aliphatic heterocycles. The van der Waals surface area contributed by atoms with Gasteiger partial charge in [0, 0.05) is 49.2 Å². The number of nitrogens with two attached hydrogens (primary N) is 1. The van der Waals surface area contributed by atoms with Gasteiger partial charge in [-0.25, -0.2) is 19.7 Å². The van der Waals surface area contributed by atoms with Gasteiger partial charge in [-0.05, 0) is 48.4 Å². The maximum Gasteiger partial charge on any atom is 0.407 e. The van der Waals surface area contributed by atoms with Crippen LogP contribution < -0.4 is 5.73 Å². The molecular weight excluding hydrogens is 490 g/mol. The molecule has 5 aromatic rings. The lowest BCUT2D eigenvalue weighted by atomic mass is 10.1. The van der Waals surface area contributed by atoms with Crippen molar-refractivity contribution >= 4 is 23.1 Å². The summed E-state index contributed by atoms with van der Waals surface area (Å²) in [4.78, 5) is 29.7. The van der Waals surface area contributed by atoms with Crippen molar-refractivity contribution in [3.05, 3.63) is 90.6 Å². The zero-order valence-electron chi connectivity index (χ0n) is 21.2. The Balaban J connectivity index is 1.26. The molecule has 2 aromatic carbocycles. The first kappa shape index (κ1) is 23.4. The van der Waals surface area contributed by atoms with Crippen molar-refractivity contribution in [3.63, 3.8) is 0 Å². The minimum absolute atomic E-state index is 0.0986. The van der Waals surface area contributed by atoms with E-state index in [4.69, 9.17) is 15.7 Å². The number of hydrogen-bond acceptors (Lipinski definition) is 6. The molecule has 5 heterocycles. The number of hydrogen-bond donors (Lipinski definition) is 2. The van der Waals surface area contributed by atoms with Crippen molar-refractivity contribution < 1.29 is 9.90 Å². The molecule has 3 N–H and O–H groups in total. The van der Waals surface area contributed by atoms with E-state index in [2.05, 4.69) is 34.1 Å². The van der Waals surface area contributed by atoms with E-state index in [0.717, 1.165) is 53.2 Å². The van der Waals surface area contributed by atoms with Crippen molar-refractivity contribution in [2.75, 3.05) is 18.8 Å². The van der Waals surface area contributed by atoms with Crippen molar-refractivity contribution in [2.45, 2.75) is 25.0 Å². The average molecular weight is 518 g/mol. The van der Waals surface area contributed by atoms with E-state index in [1.807, 2.05) is 59.2 Å². The van der Waals surface area contributed by atoms with Gasteiger partial charge in [-0.3, -0.25) is 9.47 Å². The third kappa shape index (κ3) is 4.07. The molecule has 0 aliphatic carbocycles. The number of rotatable bonds is 5. The molecule has 0 saturated carbocycles. The summed E-state index contributed by atoms with van der Waals surface area (Å²) in [5.41, 5.74) is 12.6. The number of aromatic nitrogens is 4. The van der Waals surface area contributed by atoms with Crippen molar-refractivity contribution in [2.24, 2.45) is 0 Å². The SMILES string of the molecule is Nc1ncccc1-c1nc2ccc(-c3ccccc3)nc2n1-c1ccc(CN2C[C@H]3C[C@@H]2CN3C(=O)O)cc1. The fourth-order valence-corrected chi connectivity index (χ4v) is 5.92. The first-order valence-electron chi connectivity index (χ1n) is 13.0. The molecule has 9 heteroatoms. The molecular formula is C30H27N7O2. The number of carbonyl (C=O) groups is 1. The Hall–Kier alpha value is -4.76. The summed E-state index contributed by atoms with van der Waals surface area (Å²) in [6.45, 7) is 2.16. The zero-order chi connectivity index (χ0) is 26.5. The van der Waals surface area contributed by atoms with E-state index in [1.165, 1.54) is 5.56 Å². The second-order valence-electron chi connectivity index (χ2n) is 10.2. The molecule has 2 aliphatic rings. The summed E-state index contributed by atoms with van der Waals surface area (Å²) in [6.07, 6.45) is 1.78. The van der Waals surface area contributed by atoms with Crippen LogP contribution in [-0.2, 0) is 6.54 Å². The highest BCUT2D eigenvalue weighted by Gasteiger charge is 2.45. The van der Waals surface area contributed by atoms with E-state index < -0.39 is 6.09 Å². The van der Waals surface area contributed by atoms with Crippen LogP contribution in [0.5, 0.6) is 0 Å². The molecule has 9 nitrogen and oxygen atoms in total. The highest BCUT2D eigenvalue weighted by molar-refractivity contribution is 5.84. The summed E-state index contributed by atoms with van der Waals surface area (Å²) in [6, 6.07) is 26.7. The summed E-state index contributed by atoms with van der Waals surface area (Å²) >= 11 is 0. The number of nitrogen functional groups attached to an aromatic ring is 1. The number of benzene rings is 2. The molecule has 0 spiro atoms. The van der Waals surface area contributed by atoms with Crippen molar-refractivity contribution in [3.8, 4) is 28.3 Å². The normalized spacial score (nSPS) is 18.7. The van der Waals surface area contributed by atoms with Gasteiger partial charge >= 0.3 is 6.09 Å². The van der Waals surface area contributed by atoms with Crippen LogP contribution in [-0.4, -0.2) is 65.7 Å². The molecule has 3 aromatic heterocycles. The number of nitrogens with zero attached hydrogens (tertiary/aromatic N) is 6. The first-order chi connectivity index (χ1) is 19.0. The van der Waals surface area contributed by atoms with Crippen LogP contribution in [0.1, 0.15) is 12.0 Å². The van der Waals surface area contributed by atoms with E-state index in [-0.39, 0.29) is 12.1 Å². The Morgan fingerprint density at radius 2 is 1.74 bits per heavy atom. The monoisotopic (exact) mass is 517 g/mol. The van der Waals surface area contributed by atoms with Gasteiger partial charge in [-0.1, -0.05) is 42.5 Å². The third-order valence-electron chi connectivity index (χ3n) is 7.83. The smallest absolute Gasteiger partial charge is 0.407 e. The van der Waals surface area contributed by atoms with Crippen LogP contribution in [0.15, 0.2) is 85.1 Å². The summed E-state index contributed by atoms with van der Waals surface area (Å²) in [5.74, 6) is 1.10. The lowest BCUT2D eigenvalue weighted by molar-refractivity contribution is 0.100. The van der Waals surface area contributed by atoms with Crippen LogP contribution >= 0.6 is 0 Å². The summed E-state index contributed by atoms with van der Waals surface area (Å²) < 4.78 is 2.04. The Bertz CT molecular complexity index is 1680. The van der Waals surface area contributed by atoms with E-state index in [1.54, 1.807) is 11.1 Å². The Morgan fingerprint density at radius 3 is 2.46 bits per heavy atom. The number of likely N-dealkylation sites (tertiary alicyclic amines) is 2. The average Bonchev–Trinajstić information content (AvgIpc) is 3.67. The van der Waals surface area contributed by atoms with Crippen molar-refractivity contribution in [1.29, 1.82) is 0 Å². The minimum atomic E-state index is -0.812. The number of anilines is 1. The molecule has 7 rings (SSSR count). The highest BCUT2D eigenvalue weighted by atomic mass is 16.4. The van der Waals surface area contributed by atoms with Gasteiger partial charge in [0.15, 0.2) is 11.5 Å². The van der Waals surface area contributed by atoms with Crippen LogP contribution in [0, 0.1) is 0 Å². The molecule has 2 fully saturated rings. The fourth-order valence-electron chi connectivity index (χ4n) is 5.92. The fraction of sp³-hybridized carbons (Fsp3) is 0.200. The molecule has 2 bridgehead atoms. The first-order valence-corrected chi connectivity index (χ1v) is 13.0. The second kappa shape index (κ2) is 9.21. The van der Waals surface area contributed by atoms with Gasteiger partial charge in [-0.2, -0.15) is 0 Å². The van der Waals surface area contributed by atoms with E-state index in [9.17, 15) is 9.90 Å². The highest BCUT2D eigenvalue weighted by Crippen LogP contribution is 2.34. The Labute approximate surface area is 225 Å². The van der Waals surface area contributed by atoms with Gasteiger partial charge in [0.1, 0.15) is 11.3 Å². The predicted octanol–water partition coefficient (Wildman–Crippen LogP) is 4.67. The van der Waals surface area contributed by atoms with Gasteiger partial charge in [0.05, 0.1) is 11.3 Å². The van der Waals surface area contributed by atoms with Crippen LogP contribution in [0.3, 0.4) is 0 Å². The lowest BCUT2D eigenvalue weighted by Gasteiger charge is -2.32. The number of pyridine rings is 2. The maximum atomic E-state index is 11.4. The predicted molar refractivity (Wildman–Crippen MR) is 149 cm³/mol. The summed E-state index contributed by atoms with van der Waals surface area (Å²) in [7, 11) is 0. The quantitative estimate of drug-likeness (QED) is 0.348. The van der Waals surface area contributed by atoms with E-state index >= 15 is 0 Å². The Morgan fingerprint density at radius 1 is 0.923 bits per heavy atom. The number of amides is 1. The standard InChI is InChI=1S/C30H27N7O2/c31-27-24(7-4-14-32-27)28-34-26-13-12-25(20-5-2-1-3-6-20)33-29(26)37(28)21-10-8-19(9-11-21)16-35-17-23-15-22(35)18-36(23)30(38)39/h1-14,22-23H,15-18H2,(H2,31,32)(H,38,39)/t22-,23-/m1/s1. The lowest BCUT2D eigenvalue weighted by Crippen LogP contribution is -2.47. The second-order valence-corrected chi connectivity index (χ2v) is 10.2. The van der Waals surface area contributed by atoms with Crippen LogP contribution in [0.2, 0.25) is 0 Å². The third-order valence-corrected chi connectivity index (χ3v) is 7.83. The van der Waals surface area contributed by atoms with Gasteiger partial charge in [0.2, 0.25) is 0 Å². The van der Waals surface area contributed by atoms with E-state index in [0.29, 0.717) is 18.2 Å². The maximum absolute atomic E-state index is 11.4. The van der Waals surface area contributed by atoms with Crippen LogP contribution in [0.4, 0.5) is 10.6 Å². The van der Waals surface area contributed by atoms with Gasteiger partial charge in [0.25, 0.3) is 0 Å². The number of carboxylic acid groups (broad SMARTS) is 1. The van der Waals surface area contributed by atoms with Crippen LogP contribution in [0.25, 0.3) is 39.5 Å². The molecule has 194 valence electrons. The summed E-state index contributed by atoms with van der Waals surface area (Å²) in [5, 5.41) is 9.39. The molecule has 1 amide bonds. The largest absolute Gasteiger partial charge is 0.465 e. The van der Waals surface area contributed by atoms with Gasteiger partial charge in [-0.15, -0.1) is 0 Å². The Kier molecular flexibility index (Phi) is 5.52.